The fraction of sp³-hybridized carbons (Fsp3) is 0.250. The molecular formula is C16H14O2. The molecule has 0 aliphatic heterocycles. The van der Waals surface area contributed by atoms with Gasteiger partial charge in [-0.2, -0.15) is 0 Å². The normalized spacial score (nSPS) is 15.1. The molecule has 1 aliphatic carbocycles. The van der Waals surface area contributed by atoms with E-state index in [9.17, 15) is 9.59 Å². The molecule has 2 nitrogen and oxygen atoms in total. The second-order valence-corrected chi connectivity index (χ2v) is 4.38. The van der Waals surface area contributed by atoms with Crippen LogP contribution in [0.5, 0.6) is 0 Å². The largest absolute Gasteiger partial charge is 0.298 e. The molecule has 2 heteroatoms. The molecule has 0 saturated heterocycles. The molecule has 0 amide bonds. The summed E-state index contributed by atoms with van der Waals surface area (Å²) < 4.78 is 0. The van der Waals surface area contributed by atoms with E-state index < -0.39 is 0 Å². The van der Waals surface area contributed by atoms with Gasteiger partial charge < -0.3 is 0 Å². The van der Waals surface area contributed by atoms with Crippen molar-refractivity contribution in [3.63, 3.8) is 0 Å². The quantitative estimate of drug-likeness (QED) is 0.460. The highest BCUT2D eigenvalue weighted by molar-refractivity contribution is 6.10. The van der Waals surface area contributed by atoms with E-state index in [1.54, 1.807) is 24.3 Å². The lowest BCUT2D eigenvalue weighted by Crippen LogP contribution is -2.10. The molecule has 90 valence electrons. The van der Waals surface area contributed by atoms with Crippen LogP contribution in [0.3, 0.4) is 0 Å². The molecule has 0 aromatic heterocycles. The van der Waals surface area contributed by atoms with Gasteiger partial charge in [0.15, 0.2) is 5.78 Å². The first kappa shape index (κ1) is 12.3. The van der Waals surface area contributed by atoms with Gasteiger partial charge in [0.1, 0.15) is 6.29 Å². The van der Waals surface area contributed by atoms with Crippen molar-refractivity contribution < 1.29 is 9.59 Å². The first-order chi connectivity index (χ1) is 8.76. The number of carbonyl (C=O) groups is 2. The Hall–Kier alpha value is -2.14. The first-order valence-corrected chi connectivity index (χ1v) is 6.05. The molecule has 1 aromatic carbocycles. The van der Waals surface area contributed by atoms with Gasteiger partial charge in [0.2, 0.25) is 0 Å². The van der Waals surface area contributed by atoms with Crippen molar-refractivity contribution in [3.05, 3.63) is 46.5 Å². The Kier molecular flexibility index (Phi) is 3.74. The summed E-state index contributed by atoms with van der Waals surface area (Å²) in [6.45, 7) is 0. The van der Waals surface area contributed by atoms with Crippen molar-refractivity contribution in [1.82, 2.24) is 0 Å². The van der Waals surface area contributed by atoms with Gasteiger partial charge in [-0.1, -0.05) is 24.1 Å². The number of hydrogen-bond acceptors (Lipinski definition) is 2. The Morgan fingerprint density at radius 2 is 2.06 bits per heavy atom. The van der Waals surface area contributed by atoms with Crippen molar-refractivity contribution in [2.45, 2.75) is 25.7 Å². The van der Waals surface area contributed by atoms with Gasteiger partial charge in [0.25, 0.3) is 0 Å². The minimum Gasteiger partial charge on any atom is -0.298 e. The molecule has 0 radical (unpaired) electrons. The summed E-state index contributed by atoms with van der Waals surface area (Å²) in [6.07, 6.45) is 9.79. The molecule has 0 heterocycles. The fourth-order valence-electron chi connectivity index (χ4n) is 2.24. The summed E-state index contributed by atoms with van der Waals surface area (Å²) in [5, 5.41) is 0. The summed E-state index contributed by atoms with van der Waals surface area (Å²) in [5.41, 5.74) is 2.62. The fourth-order valence-corrected chi connectivity index (χ4v) is 2.24. The first-order valence-electron chi connectivity index (χ1n) is 6.05. The van der Waals surface area contributed by atoms with Crippen LogP contribution in [0.2, 0.25) is 0 Å². The number of hydrogen-bond donors (Lipinski definition) is 0. The van der Waals surface area contributed by atoms with E-state index in [0.29, 0.717) is 11.1 Å². The number of allylic oxidation sites excluding steroid dienone is 2. The van der Waals surface area contributed by atoms with Crippen LogP contribution in [-0.2, 0) is 0 Å². The van der Waals surface area contributed by atoms with E-state index >= 15 is 0 Å². The molecule has 0 fully saturated rings. The molecule has 1 aromatic rings. The lowest BCUT2D eigenvalue weighted by Gasteiger charge is -2.15. The van der Waals surface area contributed by atoms with Gasteiger partial charge in [0, 0.05) is 22.3 Å². The number of Topliss-reactive ketones (excluding diaryl/α,β-unsaturated/α-hetero) is 1. The van der Waals surface area contributed by atoms with Crippen molar-refractivity contribution >= 4 is 12.1 Å². The zero-order valence-electron chi connectivity index (χ0n) is 10.1. The average Bonchev–Trinajstić information content (AvgIpc) is 2.46. The number of rotatable bonds is 3. The monoisotopic (exact) mass is 238 g/mol. The second-order valence-electron chi connectivity index (χ2n) is 4.38. The molecule has 18 heavy (non-hydrogen) atoms. The molecule has 0 saturated carbocycles. The Bertz CT molecular complexity index is 559. The standard InChI is InChI=1S/C16H14O2/c1-2-13-7-3-4-9-15(13)16(18)14-8-5-6-12(10-14)11-17/h1,5-6,8,10-11H,3-4,7,9H2. The summed E-state index contributed by atoms with van der Waals surface area (Å²) in [5.74, 6) is 2.59. The van der Waals surface area contributed by atoms with Crippen LogP contribution in [0.15, 0.2) is 35.4 Å². The van der Waals surface area contributed by atoms with Crippen molar-refractivity contribution in [1.29, 1.82) is 0 Å². The van der Waals surface area contributed by atoms with Crippen LogP contribution in [0.1, 0.15) is 46.4 Å². The van der Waals surface area contributed by atoms with Crippen LogP contribution >= 0.6 is 0 Å². The number of ketones is 1. The number of benzene rings is 1. The summed E-state index contributed by atoms with van der Waals surface area (Å²) in [6, 6.07) is 6.74. The molecular weight excluding hydrogens is 224 g/mol. The number of terminal acetylenes is 1. The van der Waals surface area contributed by atoms with Crippen LogP contribution < -0.4 is 0 Å². The predicted molar refractivity (Wildman–Crippen MR) is 70.5 cm³/mol. The van der Waals surface area contributed by atoms with Crippen molar-refractivity contribution in [2.24, 2.45) is 0 Å². The maximum atomic E-state index is 12.4. The van der Waals surface area contributed by atoms with E-state index in [-0.39, 0.29) is 5.78 Å². The van der Waals surface area contributed by atoms with E-state index in [1.165, 1.54) is 0 Å². The molecule has 0 atom stereocenters. The van der Waals surface area contributed by atoms with Gasteiger partial charge in [0.05, 0.1) is 0 Å². The van der Waals surface area contributed by atoms with Gasteiger partial charge in [-0.3, -0.25) is 9.59 Å². The molecule has 1 aliphatic rings. The third kappa shape index (κ3) is 2.41. The summed E-state index contributed by atoms with van der Waals surface area (Å²) >= 11 is 0. The maximum absolute atomic E-state index is 12.4. The lowest BCUT2D eigenvalue weighted by molar-refractivity contribution is 0.102. The van der Waals surface area contributed by atoms with E-state index in [0.717, 1.165) is 43.1 Å². The molecule has 0 bridgehead atoms. The van der Waals surface area contributed by atoms with E-state index in [4.69, 9.17) is 6.42 Å². The average molecular weight is 238 g/mol. The van der Waals surface area contributed by atoms with E-state index in [1.807, 2.05) is 0 Å². The topological polar surface area (TPSA) is 34.1 Å². The Morgan fingerprint density at radius 3 is 2.78 bits per heavy atom. The maximum Gasteiger partial charge on any atom is 0.189 e. The Morgan fingerprint density at radius 1 is 1.28 bits per heavy atom. The van der Waals surface area contributed by atoms with Gasteiger partial charge >= 0.3 is 0 Å². The van der Waals surface area contributed by atoms with Gasteiger partial charge in [-0.05, 0) is 31.7 Å². The second kappa shape index (κ2) is 5.46. The Labute approximate surface area is 107 Å². The van der Waals surface area contributed by atoms with Crippen LogP contribution in [0, 0.1) is 12.3 Å². The highest BCUT2D eigenvalue weighted by Gasteiger charge is 2.19. The molecule has 0 unspecified atom stereocenters. The minimum absolute atomic E-state index is 0.0358. The predicted octanol–water partition coefficient (Wildman–Crippen LogP) is 3.19. The third-order valence-electron chi connectivity index (χ3n) is 3.20. The van der Waals surface area contributed by atoms with Gasteiger partial charge in [-0.15, -0.1) is 6.42 Å². The number of carbonyl (C=O) groups excluding carboxylic acids is 2. The SMILES string of the molecule is C#CC1=C(C(=O)c2cccc(C=O)c2)CCCC1. The lowest BCUT2D eigenvalue weighted by atomic mass is 9.87. The van der Waals surface area contributed by atoms with Crippen LogP contribution in [-0.4, -0.2) is 12.1 Å². The van der Waals surface area contributed by atoms with Crippen molar-refractivity contribution in [3.8, 4) is 12.3 Å². The zero-order chi connectivity index (χ0) is 13.0. The van der Waals surface area contributed by atoms with Crippen LogP contribution in [0.25, 0.3) is 0 Å². The van der Waals surface area contributed by atoms with Crippen LogP contribution in [0.4, 0.5) is 0 Å². The van der Waals surface area contributed by atoms with Crippen molar-refractivity contribution in [2.75, 3.05) is 0 Å². The molecule has 0 spiro atoms. The molecule has 2 rings (SSSR count). The molecule has 0 N–H and O–H groups in total. The summed E-state index contributed by atoms with van der Waals surface area (Å²) in [7, 11) is 0. The van der Waals surface area contributed by atoms with Gasteiger partial charge in [-0.25, -0.2) is 0 Å². The zero-order valence-corrected chi connectivity index (χ0v) is 10.1. The Balaban J connectivity index is 2.39. The number of aldehydes is 1. The smallest absolute Gasteiger partial charge is 0.189 e. The van der Waals surface area contributed by atoms with E-state index in [2.05, 4.69) is 5.92 Å². The summed E-state index contributed by atoms with van der Waals surface area (Å²) in [4.78, 5) is 23.1. The highest BCUT2D eigenvalue weighted by Crippen LogP contribution is 2.27. The minimum atomic E-state index is -0.0358. The highest BCUT2D eigenvalue weighted by atomic mass is 16.1. The third-order valence-corrected chi connectivity index (χ3v) is 3.20.